The molecule has 0 saturated heterocycles. The van der Waals surface area contributed by atoms with E-state index in [1.54, 1.807) is 36.4 Å². The third-order valence-electron chi connectivity index (χ3n) is 7.31. The molecule has 0 bridgehead atoms. The van der Waals surface area contributed by atoms with Crippen LogP contribution in [0.3, 0.4) is 0 Å². The van der Waals surface area contributed by atoms with Crippen molar-refractivity contribution >= 4 is 68.1 Å². The number of fused-ring (bicyclic) bond motifs is 2. The van der Waals surface area contributed by atoms with Crippen LogP contribution in [-0.4, -0.2) is 46.0 Å². The number of hydrogen-bond acceptors (Lipinski definition) is 20. The molecule has 2 aliphatic heterocycles. The number of nitro groups is 2. The number of nitro benzene ring substituents is 2. The van der Waals surface area contributed by atoms with Crippen molar-refractivity contribution < 1.29 is 66.0 Å². The first kappa shape index (κ1) is 40.3. The third-order valence-corrected chi connectivity index (χ3v) is 8.78. The second-order valence-electron chi connectivity index (χ2n) is 11.2. The van der Waals surface area contributed by atoms with Gasteiger partial charge in [-0.05, 0) is 31.2 Å². The van der Waals surface area contributed by atoms with Crippen LogP contribution in [-0.2, 0) is 38.6 Å². The molecule has 1 atom stereocenters. The number of hydrogen-bond donors (Lipinski definition) is 4. The van der Waals surface area contributed by atoms with Crippen LogP contribution in [0.15, 0.2) is 139 Å². The van der Waals surface area contributed by atoms with E-state index in [0.717, 1.165) is 19.1 Å². The van der Waals surface area contributed by atoms with Crippen LogP contribution < -0.4 is 20.1 Å². The van der Waals surface area contributed by atoms with Crippen molar-refractivity contribution in [2.45, 2.75) is 22.9 Å². The van der Waals surface area contributed by atoms with Crippen molar-refractivity contribution in [3.63, 3.8) is 0 Å². The number of non-ortho nitro benzene ring substituents is 2. The molecule has 4 aromatic rings. The predicted octanol–water partition coefficient (Wildman–Crippen LogP) is 6.83. The molecule has 4 aromatic carbocycles. The van der Waals surface area contributed by atoms with Crippen LogP contribution in [0.1, 0.15) is 6.92 Å². The number of carbonyl (C=O) groups excluding carboxylic acids is 2. The number of amides is 2. The van der Waals surface area contributed by atoms with Gasteiger partial charge in [0.25, 0.3) is 33.3 Å². The summed E-state index contributed by atoms with van der Waals surface area (Å²) in [7, 11) is -5.51. The number of allylic oxidation sites excluding steroid dienone is 1. The van der Waals surface area contributed by atoms with Gasteiger partial charge in [-0.2, -0.15) is 8.42 Å². The summed E-state index contributed by atoms with van der Waals surface area (Å²) in [6.45, 7) is 1.10. The Morgan fingerprint density at radius 3 is 1.93 bits per heavy atom. The molecule has 2 aliphatic rings. The fourth-order valence-corrected chi connectivity index (χ4v) is 5.95. The molecular weight excluding hydrogens is 817 g/mol. The maximum Gasteiger partial charge on any atom is 0.610 e. The molecule has 6 rings (SSSR count). The van der Waals surface area contributed by atoms with Crippen molar-refractivity contribution in [1.82, 2.24) is 0 Å². The maximum absolute atomic E-state index is 13.7. The Bertz CT molecular complexity index is 2550. The minimum absolute atomic E-state index is 0.0745. The molecule has 298 valence electrons. The summed E-state index contributed by atoms with van der Waals surface area (Å²) in [5.41, 5.74) is -4.10. The van der Waals surface area contributed by atoms with Gasteiger partial charge in [0.2, 0.25) is 0 Å². The fraction of sp³-hybridized carbons (Fsp3) is 0.0625. The van der Waals surface area contributed by atoms with Gasteiger partial charge in [0.05, 0.1) is 26.8 Å². The van der Waals surface area contributed by atoms with Gasteiger partial charge in [-0.1, -0.05) is 41.4 Å². The van der Waals surface area contributed by atoms with E-state index >= 15 is 0 Å². The van der Waals surface area contributed by atoms with Gasteiger partial charge in [-0.3, -0.25) is 34.4 Å². The molecule has 2 amide bonds. The van der Waals surface area contributed by atoms with Gasteiger partial charge in [0.15, 0.2) is 22.9 Å². The summed E-state index contributed by atoms with van der Waals surface area (Å²) >= 11 is 0.0745. The Hall–Kier alpha value is -7.36. The van der Waals surface area contributed by atoms with E-state index in [0.29, 0.717) is 18.4 Å². The van der Waals surface area contributed by atoms with E-state index < -0.39 is 99.1 Å². The molecule has 58 heavy (non-hydrogen) atoms. The average molecular weight is 839 g/mol. The highest BCUT2D eigenvalue weighted by Crippen LogP contribution is 2.48. The lowest BCUT2D eigenvalue weighted by Gasteiger charge is -2.32. The van der Waals surface area contributed by atoms with Gasteiger partial charge in [-0.15, -0.1) is 24.8 Å². The Morgan fingerprint density at radius 2 is 1.34 bits per heavy atom. The van der Waals surface area contributed by atoms with Gasteiger partial charge < -0.3 is 29.6 Å². The van der Waals surface area contributed by atoms with E-state index in [1.165, 1.54) is 24.3 Å². The van der Waals surface area contributed by atoms with Crippen molar-refractivity contribution in [3.8, 4) is 11.5 Å². The first-order valence-corrected chi connectivity index (χ1v) is 17.8. The van der Waals surface area contributed by atoms with E-state index in [9.17, 15) is 42.8 Å². The molecule has 0 saturated carbocycles. The minimum atomic E-state index is -5.51. The molecule has 4 N–H and O–H groups in total. The molecular formula is C32H22N8O16S2. The van der Waals surface area contributed by atoms with Crippen molar-refractivity contribution in [3.05, 3.63) is 129 Å². The van der Waals surface area contributed by atoms with E-state index in [4.69, 9.17) is 24.2 Å². The summed E-state index contributed by atoms with van der Waals surface area (Å²) in [4.78, 5) is 47.4. The molecule has 0 aliphatic carbocycles. The summed E-state index contributed by atoms with van der Waals surface area (Å²) in [5, 5.41) is 57.0. The van der Waals surface area contributed by atoms with Crippen LogP contribution >= 0.6 is 12.0 Å². The average Bonchev–Trinajstić information content (AvgIpc) is 3.29. The van der Waals surface area contributed by atoms with Crippen LogP contribution in [0.25, 0.3) is 0 Å². The number of anilines is 2. The highest BCUT2D eigenvalue weighted by molar-refractivity contribution is 7.94. The molecule has 26 heteroatoms. The number of para-hydroxylation sites is 2. The highest BCUT2D eigenvalue weighted by atomic mass is 32.2. The lowest BCUT2D eigenvalue weighted by Crippen LogP contribution is -2.47. The monoisotopic (exact) mass is 838 g/mol. The maximum atomic E-state index is 13.7. The first-order valence-electron chi connectivity index (χ1n) is 15.7. The number of nitrogens with one attached hydrogen (secondary N) is 2. The zero-order chi connectivity index (χ0) is 41.6. The first-order chi connectivity index (χ1) is 27.7. The topological polar surface area (TPSA) is 324 Å². The second kappa shape index (κ2) is 16.8. The van der Waals surface area contributed by atoms with E-state index in [1.807, 2.05) is 0 Å². The smallest absolute Gasteiger partial charge is 0.391 e. The van der Waals surface area contributed by atoms with Crippen LogP contribution in [0, 0.1) is 20.2 Å². The van der Waals surface area contributed by atoms with E-state index in [-0.39, 0.29) is 23.4 Å². The van der Waals surface area contributed by atoms with Crippen LogP contribution in [0.5, 0.6) is 11.5 Å². The lowest BCUT2D eigenvalue weighted by molar-refractivity contribution is -0.432. The number of carbonyl (C=O) groups is 2. The van der Waals surface area contributed by atoms with Crippen LogP contribution in [0.2, 0.25) is 0 Å². The molecule has 1 unspecified atom stereocenters. The minimum Gasteiger partial charge on any atom is -0.391 e. The highest BCUT2D eigenvalue weighted by Gasteiger charge is 2.48. The SMILES string of the molecule is C/C1=C(\C(=O)Nc2ccccc2)N=Nc2cc([N+](=O)[O-])cc(S(=O)(=O)O)c2OC2(O/C=C(/C(=O)Nc3ccccc3)N=Nc3cc([N+](=O)[O-])cc(SOOO)c3O2)O1. The zero-order valence-electron chi connectivity index (χ0n) is 28.8. The Labute approximate surface area is 327 Å². The molecule has 0 aromatic heterocycles. The van der Waals surface area contributed by atoms with Gasteiger partial charge in [0.1, 0.15) is 28.3 Å². The summed E-state index contributed by atoms with van der Waals surface area (Å²) in [5.74, 6) is -4.50. The fourth-order valence-electron chi connectivity index (χ4n) is 4.80. The number of ether oxygens (including phenoxy) is 4. The second-order valence-corrected chi connectivity index (χ2v) is 13.3. The Morgan fingerprint density at radius 1 is 0.793 bits per heavy atom. The lowest BCUT2D eigenvalue weighted by atomic mass is 10.2. The number of nitrogens with zero attached hydrogens (tertiary/aromatic N) is 6. The van der Waals surface area contributed by atoms with Gasteiger partial charge >= 0.3 is 6.16 Å². The summed E-state index contributed by atoms with van der Waals surface area (Å²) in [6, 6.07) is 18.3. The molecule has 2 heterocycles. The summed E-state index contributed by atoms with van der Waals surface area (Å²) in [6.07, 6.45) is -2.89. The Balaban J connectivity index is 1.65. The third kappa shape index (κ3) is 9.18. The van der Waals surface area contributed by atoms with Crippen molar-refractivity contribution in [1.29, 1.82) is 0 Å². The standard InChI is InChI=1S/C32H22N8O16S2/c1-17-27(31(42)34-19-10-6-3-7-11-19)38-36-23-13-21(40(45)46)15-26(58(48,49)50)29(23)54-32(52-17)51-16-24(30(41)33-18-8-4-2-5-9-18)37-35-22-12-20(39(43)44)14-25(28(22)53-32)57-56-55-47/h2-16,47H,1H3,(H,33,41)(H,34,42)(H,48,49,50)/b24-16-,27-17-,37-35?,38-36?. The largest absolute Gasteiger partial charge is 0.610 e. The quantitative estimate of drug-likeness (QED) is 0.0418. The van der Waals surface area contributed by atoms with Gasteiger partial charge in [0, 0.05) is 35.6 Å². The van der Waals surface area contributed by atoms with Crippen LogP contribution in [0.4, 0.5) is 34.1 Å². The molecule has 24 nitrogen and oxygen atoms in total. The predicted molar refractivity (Wildman–Crippen MR) is 193 cm³/mol. The molecule has 0 radical (unpaired) electrons. The summed E-state index contributed by atoms with van der Waals surface area (Å²) < 4.78 is 64.1. The number of azo groups is 2. The van der Waals surface area contributed by atoms with Crippen molar-refractivity contribution in [2.75, 3.05) is 10.6 Å². The number of benzene rings is 4. The zero-order valence-corrected chi connectivity index (χ0v) is 30.4. The molecule has 0 fully saturated rings. The van der Waals surface area contributed by atoms with Crippen molar-refractivity contribution in [2.24, 2.45) is 20.5 Å². The molecule has 1 spiro atoms. The normalized spacial score (nSPS) is 18.2. The number of rotatable bonds is 10. The van der Waals surface area contributed by atoms with E-state index in [2.05, 4.69) is 40.5 Å². The van der Waals surface area contributed by atoms with Gasteiger partial charge in [-0.25, -0.2) is 5.26 Å². The Kier molecular flexibility index (Phi) is 11.7.